The molecule has 0 aliphatic heterocycles. The number of aryl methyl sites for hydroxylation is 1. The van der Waals surface area contributed by atoms with Crippen LogP contribution in [0.2, 0.25) is 0 Å². The maximum Gasteiger partial charge on any atom is 0.289 e. The first kappa shape index (κ1) is 15.3. The molecule has 5 nitrogen and oxygen atoms in total. The van der Waals surface area contributed by atoms with Crippen LogP contribution in [-0.2, 0) is 0 Å². The van der Waals surface area contributed by atoms with E-state index in [0.717, 1.165) is 16.6 Å². The minimum absolute atomic E-state index is 0.144. The van der Waals surface area contributed by atoms with Gasteiger partial charge in [-0.25, -0.2) is 4.68 Å². The highest BCUT2D eigenvalue weighted by Crippen LogP contribution is 2.30. The number of benzene rings is 1. The lowest BCUT2D eigenvalue weighted by Gasteiger charge is -2.09. The molecule has 2 aromatic heterocycles. The number of amides is 1. The molecular weight excluding hydrogens is 290 g/mol. The van der Waals surface area contributed by atoms with Crippen LogP contribution in [-0.4, -0.2) is 34.7 Å². The van der Waals surface area contributed by atoms with Crippen LogP contribution in [0.5, 0.6) is 0 Å². The molecule has 0 aliphatic rings. The zero-order valence-electron chi connectivity index (χ0n) is 14.1. The summed E-state index contributed by atoms with van der Waals surface area (Å²) in [7, 11) is 3.43. The molecule has 2 heterocycles. The largest absolute Gasteiger partial charge is 0.449 e. The molecule has 120 valence electrons. The molecule has 0 unspecified atom stereocenters. The third-order valence-electron chi connectivity index (χ3n) is 3.86. The fourth-order valence-corrected chi connectivity index (χ4v) is 2.53. The van der Waals surface area contributed by atoms with Crippen molar-refractivity contribution in [3.05, 3.63) is 47.5 Å². The van der Waals surface area contributed by atoms with E-state index >= 15 is 0 Å². The van der Waals surface area contributed by atoms with Crippen LogP contribution in [0.4, 0.5) is 0 Å². The molecule has 0 N–H and O–H groups in total. The molecule has 3 aromatic rings. The van der Waals surface area contributed by atoms with Gasteiger partial charge in [-0.1, -0.05) is 13.8 Å². The van der Waals surface area contributed by atoms with Gasteiger partial charge in [0.15, 0.2) is 11.3 Å². The van der Waals surface area contributed by atoms with Crippen molar-refractivity contribution < 1.29 is 9.21 Å². The Bertz CT molecular complexity index is 872. The lowest BCUT2D eigenvalue weighted by molar-refractivity contribution is 0.0799. The van der Waals surface area contributed by atoms with Crippen molar-refractivity contribution in [2.75, 3.05) is 14.1 Å². The maximum atomic E-state index is 12.2. The fourth-order valence-electron chi connectivity index (χ4n) is 2.53. The van der Waals surface area contributed by atoms with Gasteiger partial charge >= 0.3 is 0 Å². The van der Waals surface area contributed by atoms with Crippen LogP contribution in [0.1, 0.15) is 41.4 Å². The lowest BCUT2D eigenvalue weighted by Crippen LogP contribution is -2.20. The van der Waals surface area contributed by atoms with Crippen LogP contribution in [0.3, 0.4) is 0 Å². The molecule has 0 fully saturated rings. The summed E-state index contributed by atoms with van der Waals surface area (Å²) in [5.41, 5.74) is 3.80. The van der Waals surface area contributed by atoms with Crippen LogP contribution < -0.4 is 0 Å². The molecule has 0 saturated heterocycles. The topological polar surface area (TPSA) is 51.3 Å². The van der Waals surface area contributed by atoms with Gasteiger partial charge < -0.3 is 9.32 Å². The summed E-state index contributed by atoms with van der Waals surface area (Å²) in [5.74, 6) is 0.573. The Morgan fingerprint density at radius 2 is 2.00 bits per heavy atom. The molecule has 0 saturated carbocycles. The average Bonchev–Trinajstić information content (AvgIpc) is 3.10. The third-order valence-corrected chi connectivity index (χ3v) is 3.86. The van der Waals surface area contributed by atoms with Gasteiger partial charge in [-0.2, -0.15) is 5.10 Å². The Balaban J connectivity index is 2.25. The Hall–Kier alpha value is -2.56. The van der Waals surface area contributed by atoms with E-state index in [2.05, 4.69) is 31.1 Å². The molecule has 3 rings (SSSR count). The predicted octanol–water partition coefficient (Wildman–Crippen LogP) is 3.75. The van der Waals surface area contributed by atoms with Crippen LogP contribution in [0.25, 0.3) is 16.7 Å². The van der Waals surface area contributed by atoms with Crippen molar-refractivity contribution in [1.29, 1.82) is 0 Å². The Morgan fingerprint density at radius 1 is 1.26 bits per heavy atom. The van der Waals surface area contributed by atoms with Gasteiger partial charge in [-0.05, 0) is 42.2 Å². The summed E-state index contributed by atoms with van der Waals surface area (Å²) in [5, 5.41) is 5.31. The first-order valence-electron chi connectivity index (χ1n) is 7.67. The van der Waals surface area contributed by atoms with E-state index in [1.165, 1.54) is 10.5 Å². The second kappa shape index (κ2) is 5.57. The minimum Gasteiger partial charge on any atom is -0.449 e. The van der Waals surface area contributed by atoms with E-state index in [1.807, 2.05) is 25.4 Å². The second-order valence-corrected chi connectivity index (χ2v) is 6.39. The summed E-state index contributed by atoms with van der Waals surface area (Å²) in [6.07, 6.45) is 3.76. The monoisotopic (exact) mass is 311 g/mol. The van der Waals surface area contributed by atoms with E-state index in [4.69, 9.17) is 4.42 Å². The standard InChI is InChI=1S/C18H21N3O2/c1-11(2)13-6-14-8-16(18(22)20(4)5)23-17(14)15(7-13)21-10-12(3)9-19-21/h6-11H,1-5H3. The van der Waals surface area contributed by atoms with Crippen molar-refractivity contribution in [2.24, 2.45) is 0 Å². The van der Waals surface area contributed by atoms with Gasteiger partial charge in [0.1, 0.15) is 5.69 Å². The number of furan rings is 1. The minimum atomic E-state index is -0.144. The van der Waals surface area contributed by atoms with Crippen molar-refractivity contribution >= 4 is 16.9 Å². The van der Waals surface area contributed by atoms with Crippen molar-refractivity contribution in [3.63, 3.8) is 0 Å². The first-order valence-corrected chi connectivity index (χ1v) is 7.67. The fraction of sp³-hybridized carbons (Fsp3) is 0.333. The summed E-state index contributed by atoms with van der Waals surface area (Å²) in [6.45, 7) is 6.28. The number of rotatable bonds is 3. The number of fused-ring (bicyclic) bond motifs is 1. The quantitative estimate of drug-likeness (QED) is 0.740. The van der Waals surface area contributed by atoms with Crippen LogP contribution in [0, 0.1) is 6.92 Å². The van der Waals surface area contributed by atoms with Gasteiger partial charge in [0.25, 0.3) is 5.91 Å². The number of carbonyl (C=O) groups is 1. The molecule has 0 radical (unpaired) electrons. The third kappa shape index (κ3) is 2.74. The number of hydrogen-bond donors (Lipinski definition) is 0. The molecule has 1 aromatic carbocycles. The predicted molar refractivity (Wildman–Crippen MR) is 90.2 cm³/mol. The highest BCUT2D eigenvalue weighted by Gasteiger charge is 2.18. The number of hydrogen-bond acceptors (Lipinski definition) is 3. The van der Waals surface area contributed by atoms with E-state index in [9.17, 15) is 4.79 Å². The molecule has 0 aliphatic carbocycles. The summed E-state index contributed by atoms with van der Waals surface area (Å²) in [6, 6.07) is 5.96. The van der Waals surface area contributed by atoms with Gasteiger partial charge in [0.05, 0.1) is 6.20 Å². The van der Waals surface area contributed by atoms with Crippen LogP contribution >= 0.6 is 0 Å². The number of aromatic nitrogens is 2. The summed E-state index contributed by atoms with van der Waals surface area (Å²) >= 11 is 0. The van der Waals surface area contributed by atoms with Crippen LogP contribution in [0.15, 0.2) is 35.0 Å². The molecule has 23 heavy (non-hydrogen) atoms. The molecule has 0 atom stereocenters. The average molecular weight is 311 g/mol. The van der Waals surface area contributed by atoms with Crippen molar-refractivity contribution in [2.45, 2.75) is 26.7 Å². The second-order valence-electron chi connectivity index (χ2n) is 6.39. The molecular formula is C18H21N3O2. The highest BCUT2D eigenvalue weighted by molar-refractivity contribution is 5.97. The molecule has 0 bridgehead atoms. The Labute approximate surface area is 135 Å². The molecule has 1 amide bonds. The van der Waals surface area contributed by atoms with Gasteiger partial charge in [0, 0.05) is 25.7 Å². The molecule has 5 heteroatoms. The SMILES string of the molecule is Cc1cnn(-c2cc(C(C)C)cc3cc(C(=O)N(C)C)oc23)c1. The van der Waals surface area contributed by atoms with E-state index < -0.39 is 0 Å². The Kier molecular flexibility index (Phi) is 3.72. The Morgan fingerprint density at radius 3 is 2.57 bits per heavy atom. The normalized spacial score (nSPS) is 11.4. The van der Waals surface area contributed by atoms with Gasteiger partial charge in [-0.3, -0.25) is 4.79 Å². The lowest BCUT2D eigenvalue weighted by atomic mass is 10.0. The first-order chi connectivity index (χ1) is 10.9. The summed E-state index contributed by atoms with van der Waals surface area (Å²) < 4.78 is 7.67. The van der Waals surface area contributed by atoms with Crippen molar-refractivity contribution in [3.8, 4) is 5.69 Å². The van der Waals surface area contributed by atoms with E-state index in [1.54, 1.807) is 18.8 Å². The zero-order valence-corrected chi connectivity index (χ0v) is 14.1. The van der Waals surface area contributed by atoms with Gasteiger partial charge in [0.2, 0.25) is 0 Å². The number of nitrogens with zero attached hydrogens (tertiary/aromatic N) is 3. The zero-order chi connectivity index (χ0) is 16.7. The highest BCUT2D eigenvalue weighted by atomic mass is 16.3. The molecule has 0 spiro atoms. The van der Waals surface area contributed by atoms with E-state index in [0.29, 0.717) is 17.3 Å². The van der Waals surface area contributed by atoms with Gasteiger partial charge in [-0.15, -0.1) is 0 Å². The van der Waals surface area contributed by atoms with E-state index in [-0.39, 0.29) is 5.91 Å². The maximum absolute atomic E-state index is 12.2. The van der Waals surface area contributed by atoms with Crippen molar-refractivity contribution in [1.82, 2.24) is 14.7 Å². The summed E-state index contributed by atoms with van der Waals surface area (Å²) in [4.78, 5) is 13.7. The smallest absolute Gasteiger partial charge is 0.289 e. The number of carbonyl (C=O) groups excluding carboxylic acids is 1.